The van der Waals surface area contributed by atoms with Gasteiger partial charge in [0.25, 0.3) is 0 Å². The lowest BCUT2D eigenvalue weighted by Crippen LogP contribution is -2.50. The number of rotatable bonds is 3. The van der Waals surface area contributed by atoms with Gasteiger partial charge in [-0.15, -0.1) is 0 Å². The Kier molecular flexibility index (Phi) is 3.85. The first-order valence-corrected chi connectivity index (χ1v) is 6.61. The summed E-state index contributed by atoms with van der Waals surface area (Å²) in [6, 6.07) is 7.65. The van der Waals surface area contributed by atoms with E-state index in [2.05, 4.69) is 5.32 Å². The molecular weight excluding hydrogens is 234 g/mol. The van der Waals surface area contributed by atoms with Crippen molar-refractivity contribution < 1.29 is 4.79 Å². The second-order valence-electron chi connectivity index (χ2n) is 4.57. The summed E-state index contributed by atoms with van der Waals surface area (Å²) >= 11 is 5.90. The Balaban J connectivity index is 2.39. The number of Topliss-reactive ketones (excluding diaryl/α,β-unsaturated/α-hetero) is 1. The predicted octanol–water partition coefficient (Wildman–Crippen LogP) is 3.29. The average molecular weight is 252 g/mol. The van der Waals surface area contributed by atoms with Crippen molar-refractivity contribution >= 4 is 17.4 Å². The van der Waals surface area contributed by atoms with Crippen molar-refractivity contribution in [2.75, 3.05) is 6.54 Å². The molecule has 0 bridgehead atoms. The molecule has 0 radical (unpaired) electrons. The van der Waals surface area contributed by atoms with Crippen LogP contribution < -0.4 is 5.32 Å². The van der Waals surface area contributed by atoms with Crippen LogP contribution in [0.3, 0.4) is 0 Å². The Morgan fingerprint density at radius 3 is 2.59 bits per heavy atom. The minimum Gasteiger partial charge on any atom is -0.302 e. The standard InChI is InChI=1S/C14H18ClNO/c1-2-16-14(10-4-3-5-13(14)17)11-6-8-12(15)9-7-11/h6-9,16H,2-5,10H2,1H3. The maximum Gasteiger partial charge on any atom is 0.157 e. The van der Waals surface area contributed by atoms with Crippen molar-refractivity contribution in [2.24, 2.45) is 0 Å². The van der Waals surface area contributed by atoms with Crippen LogP contribution in [0.1, 0.15) is 38.2 Å². The van der Waals surface area contributed by atoms with Crippen LogP contribution in [0.2, 0.25) is 5.02 Å². The Bertz CT molecular complexity index is 397. The van der Waals surface area contributed by atoms with Gasteiger partial charge in [0.1, 0.15) is 5.54 Å². The second-order valence-corrected chi connectivity index (χ2v) is 5.01. The topological polar surface area (TPSA) is 29.1 Å². The highest BCUT2D eigenvalue weighted by Gasteiger charge is 2.40. The fraction of sp³-hybridized carbons (Fsp3) is 0.500. The second kappa shape index (κ2) is 5.19. The first kappa shape index (κ1) is 12.6. The summed E-state index contributed by atoms with van der Waals surface area (Å²) in [5, 5.41) is 4.10. The normalized spacial score (nSPS) is 24.9. The number of ketones is 1. The van der Waals surface area contributed by atoms with Crippen LogP contribution in [0.25, 0.3) is 0 Å². The van der Waals surface area contributed by atoms with Gasteiger partial charge in [-0.25, -0.2) is 0 Å². The van der Waals surface area contributed by atoms with Crippen molar-refractivity contribution in [1.82, 2.24) is 5.32 Å². The molecule has 2 rings (SSSR count). The van der Waals surface area contributed by atoms with E-state index < -0.39 is 5.54 Å². The van der Waals surface area contributed by atoms with Gasteiger partial charge in [0.05, 0.1) is 0 Å². The fourth-order valence-corrected chi connectivity index (χ4v) is 2.79. The van der Waals surface area contributed by atoms with Gasteiger partial charge in [-0.05, 0) is 37.1 Å². The predicted molar refractivity (Wildman–Crippen MR) is 70.3 cm³/mol. The van der Waals surface area contributed by atoms with Gasteiger partial charge in [0.2, 0.25) is 0 Å². The van der Waals surface area contributed by atoms with E-state index >= 15 is 0 Å². The van der Waals surface area contributed by atoms with Crippen LogP contribution in [0.15, 0.2) is 24.3 Å². The highest BCUT2D eigenvalue weighted by molar-refractivity contribution is 6.30. The fourth-order valence-electron chi connectivity index (χ4n) is 2.66. The molecule has 1 aromatic carbocycles. The van der Waals surface area contributed by atoms with Gasteiger partial charge in [-0.2, -0.15) is 0 Å². The Hall–Kier alpha value is -0.860. The molecule has 1 aliphatic carbocycles. The number of halogens is 1. The molecule has 1 N–H and O–H groups in total. The molecule has 1 aromatic rings. The molecule has 0 aromatic heterocycles. The van der Waals surface area contributed by atoms with Crippen molar-refractivity contribution in [2.45, 2.75) is 38.1 Å². The Morgan fingerprint density at radius 1 is 1.29 bits per heavy atom. The average Bonchev–Trinajstić information content (AvgIpc) is 2.33. The third-order valence-corrected chi connectivity index (χ3v) is 3.75. The molecule has 0 aliphatic heterocycles. The number of nitrogens with one attached hydrogen (secondary N) is 1. The largest absolute Gasteiger partial charge is 0.302 e. The molecule has 0 heterocycles. The number of benzene rings is 1. The molecule has 17 heavy (non-hydrogen) atoms. The molecule has 0 spiro atoms. The van der Waals surface area contributed by atoms with Gasteiger partial charge < -0.3 is 5.32 Å². The summed E-state index contributed by atoms with van der Waals surface area (Å²) in [4.78, 5) is 12.3. The van der Waals surface area contributed by atoms with E-state index in [-0.39, 0.29) is 0 Å². The van der Waals surface area contributed by atoms with Crippen LogP contribution in [0.4, 0.5) is 0 Å². The van der Waals surface area contributed by atoms with Crippen LogP contribution >= 0.6 is 11.6 Å². The molecule has 1 atom stereocenters. The minimum absolute atomic E-state index is 0.313. The summed E-state index contributed by atoms with van der Waals surface area (Å²) in [5.41, 5.74) is 0.575. The summed E-state index contributed by atoms with van der Waals surface area (Å²) in [6.45, 7) is 2.84. The number of hydrogen-bond donors (Lipinski definition) is 1. The summed E-state index contributed by atoms with van der Waals surface area (Å²) in [7, 11) is 0. The molecular formula is C14H18ClNO. The van der Waals surface area contributed by atoms with Crippen molar-refractivity contribution in [3.8, 4) is 0 Å². The van der Waals surface area contributed by atoms with Crippen LogP contribution in [-0.2, 0) is 10.3 Å². The third kappa shape index (κ3) is 2.38. The molecule has 1 fully saturated rings. The van der Waals surface area contributed by atoms with Crippen LogP contribution in [0.5, 0.6) is 0 Å². The van der Waals surface area contributed by atoms with Crippen molar-refractivity contribution in [1.29, 1.82) is 0 Å². The SMILES string of the molecule is CCNC1(c2ccc(Cl)cc2)CCCCC1=O. The van der Waals surface area contributed by atoms with Crippen LogP contribution in [-0.4, -0.2) is 12.3 Å². The Labute approximate surface area is 107 Å². The molecule has 1 aliphatic rings. The molecule has 2 nitrogen and oxygen atoms in total. The number of carbonyl (C=O) groups is 1. The number of carbonyl (C=O) groups excluding carboxylic acids is 1. The van der Waals surface area contributed by atoms with E-state index in [1.165, 1.54) is 0 Å². The first-order valence-electron chi connectivity index (χ1n) is 6.23. The summed E-state index contributed by atoms with van der Waals surface area (Å²) < 4.78 is 0. The van der Waals surface area contributed by atoms with Crippen LogP contribution in [0, 0.1) is 0 Å². The van der Waals surface area contributed by atoms with Gasteiger partial charge in [0.15, 0.2) is 5.78 Å². The Morgan fingerprint density at radius 2 is 2.00 bits per heavy atom. The van der Waals surface area contributed by atoms with Crippen molar-refractivity contribution in [3.05, 3.63) is 34.9 Å². The quantitative estimate of drug-likeness (QED) is 0.893. The minimum atomic E-state index is -0.475. The van der Waals surface area contributed by atoms with E-state index in [4.69, 9.17) is 11.6 Å². The zero-order valence-corrected chi connectivity index (χ0v) is 10.9. The molecule has 1 saturated carbocycles. The van der Waals surface area contributed by atoms with E-state index in [0.29, 0.717) is 17.2 Å². The number of likely N-dealkylation sites (N-methyl/N-ethyl adjacent to an activating group) is 1. The van der Waals surface area contributed by atoms with Gasteiger partial charge in [-0.3, -0.25) is 4.79 Å². The first-order chi connectivity index (χ1) is 8.19. The molecule has 1 unspecified atom stereocenters. The lowest BCUT2D eigenvalue weighted by atomic mass is 9.75. The number of hydrogen-bond acceptors (Lipinski definition) is 2. The van der Waals surface area contributed by atoms with Gasteiger partial charge in [-0.1, -0.05) is 37.1 Å². The van der Waals surface area contributed by atoms with E-state index in [1.54, 1.807) is 0 Å². The van der Waals surface area contributed by atoms with E-state index in [0.717, 1.165) is 31.4 Å². The van der Waals surface area contributed by atoms with E-state index in [9.17, 15) is 4.79 Å². The molecule has 3 heteroatoms. The monoisotopic (exact) mass is 251 g/mol. The lowest BCUT2D eigenvalue weighted by Gasteiger charge is -2.37. The summed E-state index contributed by atoms with van der Waals surface area (Å²) in [6.07, 6.45) is 3.68. The highest BCUT2D eigenvalue weighted by atomic mass is 35.5. The molecule has 0 amide bonds. The van der Waals surface area contributed by atoms with Gasteiger partial charge >= 0.3 is 0 Å². The highest BCUT2D eigenvalue weighted by Crippen LogP contribution is 2.34. The van der Waals surface area contributed by atoms with Crippen molar-refractivity contribution in [3.63, 3.8) is 0 Å². The zero-order valence-electron chi connectivity index (χ0n) is 10.1. The molecule has 92 valence electrons. The van der Waals surface area contributed by atoms with Gasteiger partial charge in [0, 0.05) is 11.4 Å². The summed E-state index contributed by atoms with van der Waals surface area (Å²) in [5.74, 6) is 0.313. The maximum atomic E-state index is 12.3. The third-order valence-electron chi connectivity index (χ3n) is 3.50. The molecule has 0 saturated heterocycles. The van der Waals surface area contributed by atoms with E-state index in [1.807, 2.05) is 31.2 Å². The smallest absolute Gasteiger partial charge is 0.157 e. The zero-order chi connectivity index (χ0) is 12.3. The lowest BCUT2D eigenvalue weighted by molar-refractivity contribution is -0.128. The maximum absolute atomic E-state index is 12.3.